The van der Waals surface area contributed by atoms with Crippen LogP contribution < -0.4 is 5.32 Å². The van der Waals surface area contributed by atoms with Crippen molar-refractivity contribution in [2.75, 3.05) is 7.11 Å². The minimum atomic E-state index is 0.189. The van der Waals surface area contributed by atoms with Crippen molar-refractivity contribution >= 4 is 0 Å². The zero-order valence-corrected chi connectivity index (χ0v) is 10.5. The van der Waals surface area contributed by atoms with Crippen LogP contribution in [0.1, 0.15) is 48.5 Å². The van der Waals surface area contributed by atoms with Crippen molar-refractivity contribution in [1.29, 1.82) is 0 Å². The average molecular weight is 233 g/mol. The lowest BCUT2D eigenvalue weighted by atomic mass is 10.1. The third-order valence-corrected chi connectivity index (χ3v) is 3.60. The topological polar surface area (TPSA) is 47.0 Å². The molecule has 0 saturated heterocycles. The van der Waals surface area contributed by atoms with Crippen molar-refractivity contribution in [3.05, 3.63) is 22.8 Å². The summed E-state index contributed by atoms with van der Waals surface area (Å²) in [7, 11) is 1.74. The molecular weight excluding hydrogens is 214 g/mol. The van der Waals surface area contributed by atoms with Crippen LogP contribution in [-0.4, -0.2) is 23.2 Å². The first-order valence-corrected chi connectivity index (χ1v) is 6.40. The monoisotopic (exact) mass is 233 g/mol. The Balaban J connectivity index is 1.92. The molecule has 0 bridgehead atoms. The molecule has 3 rings (SSSR count). The fourth-order valence-electron chi connectivity index (χ4n) is 2.37. The highest BCUT2D eigenvalue weighted by Crippen LogP contribution is 2.41. The van der Waals surface area contributed by atoms with Gasteiger partial charge in [0.15, 0.2) is 0 Å². The molecule has 1 N–H and O–H groups in total. The number of rotatable bonds is 4. The maximum Gasteiger partial charge on any atom is 0.131 e. The van der Waals surface area contributed by atoms with Gasteiger partial charge in [-0.2, -0.15) is 0 Å². The molecule has 1 aliphatic carbocycles. The van der Waals surface area contributed by atoms with Gasteiger partial charge in [-0.1, -0.05) is 0 Å². The Bertz CT molecular complexity index is 429. The van der Waals surface area contributed by atoms with Crippen molar-refractivity contribution < 1.29 is 4.74 Å². The van der Waals surface area contributed by atoms with Gasteiger partial charge < -0.3 is 10.1 Å². The van der Waals surface area contributed by atoms with Crippen LogP contribution in [0.3, 0.4) is 0 Å². The zero-order chi connectivity index (χ0) is 11.8. The fourth-order valence-corrected chi connectivity index (χ4v) is 2.37. The van der Waals surface area contributed by atoms with Gasteiger partial charge >= 0.3 is 0 Å². The summed E-state index contributed by atoms with van der Waals surface area (Å²) in [5.41, 5.74) is 3.87. The van der Waals surface area contributed by atoms with Crippen LogP contribution in [0.15, 0.2) is 0 Å². The zero-order valence-electron chi connectivity index (χ0n) is 10.5. The van der Waals surface area contributed by atoms with E-state index in [1.807, 2.05) is 0 Å². The summed E-state index contributed by atoms with van der Waals surface area (Å²) >= 11 is 0. The second-order valence-corrected chi connectivity index (χ2v) is 5.08. The lowest BCUT2D eigenvalue weighted by molar-refractivity contribution is 0.117. The molecule has 2 heterocycles. The molecule has 0 aromatic carbocycles. The van der Waals surface area contributed by atoms with E-state index in [1.54, 1.807) is 7.11 Å². The van der Waals surface area contributed by atoms with E-state index in [-0.39, 0.29) is 6.10 Å². The van der Waals surface area contributed by atoms with E-state index in [2.05, 4.69) is 17.2 Å². The van der Waals surface area contributed by atoms with E-state index in [9.17, 15) is 0 Å². The predicted molar refractivity (Wildman–Crippen MR) is 64.7 cm³/mol. The Labute approximate surface area is 102 Å². The van der Waals surface area contributed by atoms with Crippen molar-refractivity contribution in [3.8, 4) is 0 Å². The molecule has 1 aromatic rings. The minimum Gasteiger partial charge on any atom is -0.381 e. The number of nitrogens with one attached hydrogen (secondary N) is 1. The molecule has 0 amide bonds. The van der Waals surface area contributed by atoms with Gasteiger partial charge in [-0.15, -0.1) is 0 Å². The van der Waals surface area contributed by atoms with Gasteiger partial charge in [-0.3, -0.25) is 0 Å². The molecule has 4 nitrogen and oxygen atoms in total. The maximum absolute atomic E-state index is 5.29. The normalized spacial score (nSPS) is 20.4. The van der Waals surface area contributed by atoms with Crippen LogP contribution in [-0.2, 0) is 24.2 Å². The SMILES string of the molecule is COC(C)Cc1nc2c(c(C3CC3)n1)CNC2. The summed E-state index contributed by atoms with van der Waals surface area (Å²) < 4.78 is 5.29. The summed E-state index contributed by atoms with van der Waals surface area (Å²) in [4.78, 5) is 9.42. The number of hydrogen-bond donors (Lipinski definition) is 1. The first-order chi connectivity index (χ1) is 8.28. The molecule has 4 heteroatoms. The van der Waals surface area contributed by atoms with E-state index in [4.69, 9.17) is 9.72 Å². The number of nitrogens with zero attached hydrogens (tertiary/aromatic N) is 2. The third-order valence-electron chi connectivity index (χ3n) is 3.60. The summed E-state index contributed by atoms with van der Waals surface area (Å²) in [6, 6.07) is 0. The van der Waals surface area contributed by atoms with E-state index < -0.39 is 0 Å². The largest absolute Gasteiger partial charge is 0.381 e. The molecule has 1 atom stereocenters. The molecule has 0 spiro atoms. The number of fused-ring (bicyclic) bond motifs is 1. The highest BCUT2D eigenvalue weighted by molar-refractivity contribution is 5.33. The maximum atomic E-state index is 5.29. The molecule has 1 aliphatic heterocycles. The van der Waals surface area contributed by atoms with Crippen molar-refractivity contribution in [3.63, 3.8) is 0 Å². The third kappa shape index (κ3) is 2.19. The van der Waals surface area contributed by atoms with Crippen molar-refractivity contribution in [2.45, 2.75) is 51.3 Å². The second-order valence-electron chi connectivity index (χ2n) is 5.08. The molecule has 17 heavy (non-hydrogen) atoms. The summed E-state index contributed by atoms with van der Waals surface area (Å²) in [5.74, 6) is 1.65. The Morgan fingerprint density at radius 2 is 2.18 bits per heavy atom. The van der Waals surface area contributed by atoms with Gasteiger partial charge in [-0.25, -0.2) is 9.97 Å². The Kier molecular flexibility index (Phi) is 2.84. The Morgan fingerprint density at radius 1 is 1.35 bits per heavy atom. The number of aromatic nitrogens is 2. The van der Waals surface area contributed by atoms with Crippen molar-refractivity contribution in [2.24, 2.45) is 0 Å². The second kappa shape index (κ2) is 4.35. The van der Waals surface area contributed by atoms with Crippen LogP contribution in [0.5, 0.6) is 0 Å². The molecule has 1 unspecified atom stereocenters. The highest BCUT2D eigenvalue weighted by atomic mass is 16.5. The standard InChI is InChI=1S/C13H19N3O/c1-8(17-2)5-12-15-11-7-14-6-10(11)13(16-12)9-3-4-9/h8-9,14H,3-7H2,1-2H3. The summed E-state index contributed by atoms with van der Waals surface area (Å²) in [5, 5.41) is 3.37. The number of methoxy groups -OCH3 is 1. The van der Waals surface area contributed by atoms with Crippen LogP contribution in [0.25, 0.3) is 0 Å². The lowest BCUT2D eigenvalue weighted by Gasteiger charge is -2.11. The van der Waals surface area contributed by atoms with Gasteiger partial charge in [0.05, 0.1) is 17.5 Å². The van der Waals surface area contributed by atoms with Gasteiger partial charge in [0.2, 0.25) is 0 Å². The van der Waals surface area contributed by atoms with Crippen LogP contribution in [0.2, 0.25) is 0 Å². The minimum absolute atomic E-state index is 0.189. The lowest BCUT2D eigenvalue weighted by Crippen LogP contribution is -2.14. The van der Waals surface area contributed by atoms with Crippen LogP contribution >= 0.6 is 0 Å². The Hall–Kier alpha value is -1.00. The average Bonchev–Trinajstić information content (AvgIpc) is 3.06. The quantitative estimate of drug-likeness (QED) is 0.857. The van der Waals surface area contributed by atoms with Gasteiger partial charge in [0.1, 0.15) is 5.82 Å². The molecule has 1 aromatic heterocycles. The highest BCUT2D eigenvalue weighted by Gasteiger charge is 2.31. The van der Waals surface area contributed by atoms with E-state index in [0.29, 0.717) is 5.92 Å². The van der Waals surface area contributed by atoms with Crippen molar-refractivity contribution in [1.82, 2.24) is 15.3 Å². The van der Waals surface area contributed by atoms with Gasteiger partial charge in [-0.05, 0) is 19.8 Å². The van der Waals surface area contributed by atoms with Gasteiger partial charge in [0.25, 0.3) is 0 Å². The molecular formula is C13H19N3O. The fraction of sp³-hybridized carbons (Fsp3) is 0.692. The van der Waals surface area contributed by atoms with E-state index in [1.165, 1.54) is 29.8 Å². The first-order valence-electron chi connectivity index (χ1n) is 6.40. The number of ether oxygens (including phenoxy) is 1. The number of hydrogen-bond acceptors (Lipinski definition) is 4. The predicted octanol–water partition coefficient (Wildman–Crippen LogP) is 1.53. The first kappa shape index (κ1) is 11.1. The van der Waals surface area contributed by atoms with Gasteiger partial charge in [0, 0.05) is 38.1 Å². The molecule has 1 fully saturated rings. The molecule has 92 valence electrons. The molecule has 2 aliphatic rings. The van der Waals surface area contributed by atoms with Crippen LogP contribution in [0.4, 0.5) is 0 Å². The molecule has 1 saturated carbocycles. The molecule has 0 radical (unpaired) electrons. The summed E-state index contributed by atoms with van der Waals surface area (Å²) in [6.45, 7) is 3.90. The van der Waals surface area contributed by atoms with E-state index in [0.717, 1.165) is 25.3 Å². The van der Waals surface area contributed by atoms with E-state index >= 15 is 0 Å². The summed E-state index contributed by atoms with van der Waals surface area (Å²) in [6.07, 6.45) is 3.59. The van der Waals surface area contributed by atoms with Crippen LogP contribution in [0, 0.1) is 0 Å². The Morgan fingerprint density at radius 3 is 2.88 bits per heavy atom. The smallest absolute Gasteiger partial charge is 0.131 e.